The molecule has 0 aliphatic carbocycles. The van der Waals surface area contributed by atoms with Gasteiger partial charge in [-0.25, -0.2) is 8.42 Å². The summed E-state index contributed by atoms with van der Waals surface area (Å²) >= 11 is 1.26. The molecule has 1 saturated heterocycles. The number of aliphatic hydroxyl groups is 1. The van der Waals surface area contributed by atoms with Crippen molar-refractivity contribution >= 4 is 21.4 Å². The van der Waals surface area contributed by atoms with Gasteiger partial charge in [-0.3, -0.25) is 0 Å². The van der Waals surface area contributed by atoms with E-state index in [4.69, 9.17) is 0 Å². The molecule has 0 spiro atoms. The van der Waals surface area contributed by atoms with Crippen molar-refractivity contribution in [1.82, 2.24) is 9.21 Å². The molecule has 0 saturated carbocycles. The van der Waals surface area contributed by atoms with Crippen LogP contribution in [0.5, 0.6) is 0 Å². The molecule has 2 heterocycles. The number of rotatable bonds is 12. The summed E-state index contributed by atoms with van der Waals surface area (Å²) < 4.78 is 27.9. The van der Waals surface area contributed by atoms with Crippen molar-refractivity contribution in [2.24, 2.45) is 0 Å². The van der Waals surface area contributed by atoms with Crippen LogP contribution in [0.15, 0.2) is 82.4 Å². The van der Waals surface area contributed by atoms with E-state index >= 15 is 0 Å². The molecule has 0 unspecified atom stereocenters. The van der Waals surface area contributed by atoms with Crippen molar-refractivity contribution in [1.29, 1.82) is 0 Å². The zero-order valence-electron chi connectivity index (χ0n) is 21.1. The van der Waals surface area contributed by atoms with Gasteiger partial charge in [-0.1, -0.05) is 66.7 Å². The van der Waals surface area contributed by atoms with E-state index in [0.717, 1.165) is 58.2 Å². The van der Waals surface area contributed by atoms with Gasteiger partial charge in [0.1, 0.15) is 4.21 Å². The molecule has 1 fully saturated rings. The van der Waals surface area contributed by atoms with Crippen LogP contribution in [-0.2, 0) is 16.4 Å². The van der Waals surface area contributed by atoms with Crippen molar-refractivity contribution in [3.05, 3.63) is 89.3 Å². The average Bonchev–Trinajstić information content (AvgIpc) is 3.45. The maximum absolute atomic E-state index is 13.0. The number of likely N-dealkylation sites (N-methyl/N-ethyl adjacent to an activating group) is 1. The van der Waals surface area contributed by atoms with Crippen LogP contribution >= 0.6 is 11.3 Å². The fraction of sp³-hybridized carbons (Fsp3) is 0.448. The van der Waals surface area contributed by atoms with Crippen LogP contribution in [-0.4, -0.2) is 61.6 Å². The molecule has 0 amide bonds. The molecule has 3 aromatic rings. The molecule has 1 aromatic heterocycles. The van der Waals surface area contributed by atoms with Crippen LogP contribution in [0.25, 0.3) is 0 Å². The molecule has 1 aliphatic heterocycles. The minimum Gasteiger partial charge on any atom is -0.390 e. The third-order valence-electron chi connectivity index (χ3n) is 7.44. The van der Waals surface area contributed by atoms with Crippen LogP contribution in [0.3, 0.4) is 0 Å². The van der Waals surface area contributed by atoms with Crippen molar-refractivity contribution < 1.29 is 13.5 Å². The second-order valence-electron chi connectivity index (χ2n) is 10.0. The predicted molar refractivity (Wildman–Crippen MR) is 148 cm³/mol. The number of sulfonamides is 1. The van der Waals surface area contributed by atoms with Crippen molar-refractivity contribution in [2.45, 2.75) is 54.3 Å². The Labute approximate surface area is 220 Å². The fourth-order valence-corrected chi connectivity index (χ4v) is 7.53. The first kappa shape index (κ1) is 27.0. The normalized spacial score (nSPS) is 17.3. The Morgan fingerprint density at radius 3 is 2.31 bits per heavy atom. The van der Waals surface area contributed by atoms with Gasteiger partial charge in [-0.15, -0.1) is 11.3 Å². The van der Waals surface area contributed by atoms with Gasteiger partial charge >= 0.3 is 0 Å². The third kappa shape index (κ3) is 7.26. The average molecular weight is 527 g/mol. The van der Waals surface area contributed by atoms with Crippen molar-refractivity contribution in [2.75, 3.05) is 33.2 Å². The number of benzene rings is 2. The Morgan fingerprint density at radius 2 is 1.67 bits per heavy atom. The topological polar surface area (TPSA) is 60.9 Å². The lowest BCUT2D eigenvalue weighted by Crippen LogP contribution is -2.45. The Morgan fingerprint density at radius 1 is 1.00 bits per heavy atom. The highest BCUT2D eigenvalue weighted by Crippen LogP contribution is 2.30. The van der Waals surface area contributed by atoms with Gasteiger partial charge in [-0.05, 0) is 73.6 Å². The summed E-state index contributed by atoms with van der Waals surface area (Å²) in [5, 5.41) is 12.9. The maximum Gasteiger partial charge on any atom is 0.252 e. The van der Waals surface area contributed by atoms with Crippen LogP contribution in [0.4, 0.5) is 0 Å². The second-order valence-corrected chi connectivity index (χ2v) is 13.2. The predicted octanol–water partition coefficient (Wildman–Crippen LogP) is 5.39. The number of hydrogen-bond acceptors (Lipinski definition) is 5. The first-order chi connectivity index (χ1) is 17.4. The molecule has 0 radical (unpaired) electrons. The van der Waals surface area contributed by atoms with Gasteiger partial charge in [0, 0.05) is 26.7 Å². The van der Waals surface area contributed by atoms with Gasteiger partial charge in [0.05, 0.1) is 5.60 Å². The van der Waals surface area contributed by atoms with Gasteiger partial charge in [0.15, 0.2) is 0 Å². The van der Waals surface area contributed by atoms with Crippen LogP contribution in [0, 0.1) is 0 Å². The van der Waals surface area contributed by atoms with Crippen molar-refractivity contribution in [3.63, 3.8) is 0 Å². The first-order valence-electron chi connectivity index (χ1n) is 12.9. The van der Waals surface area contributed by atoms with Crippen LogP contribution in [0.2, 0.25) is 0 Å². The van der Waals surface area contributed by atoms with E-state index in [0.29, 0.717) is 10.8 Å². The molecule has 0 bridgehead atoms. The minimum absolute atomic E-state index is 0.109. The zero-order valence-corrected chi connectivity index (χ0v) is 22.8. The molecule has 2 aromatic carbocycles. The quantitative estimate of drug-likeness (QED) is 0.344. The molecule has 194 valence electrons. The third-order valence-corrected chi connectivity index (χ3v) is 10.6. The highest BCUT2D eigenvalue weighted by atomic mass is 32.2. The maximum atomic E-state index is 13.0. The monoisotopic (exact) mass is 526 g/mol. The van der Waals surface area contributed by atoms with E-state index in [1.54, 1.807) is 24.6 Å². The summed E-state index contributed by atoms with van der Waals surface area (Å²) in [4.78, 5) is 2.43. The largest absolute Gasteiger partial charge is 0.390 e. The Balaban J connectivity index is 1.30. The number of piperidine rings is 1. The van der Waals surface area contributed by atoms with E-state index in [-0.39, 0.29) is 5.92 Å². The molecule has 7 heteroatoms. The summed E-state index contributed by atoms with van der Waals surface area (Å²) in [7, 11) is -1.80. The number of hydrogen-bond donors (Lipinski definition) is 1. The summed E-state index contributed by atoms with van der Waals surface area (Å²) in [5.41, 5.74) is 1.93. The number of likely N-dealkylation sites (tertiary alicyclic amines) is 1. The van der Waals surface area contributed by atoms with E-state index in [1.165, 1.54) is 26.8 Å². The Bertz CT molecular complexity index is 1140. The zero-order chi connectivity index (χ0) is 25.4. The fourth-order valence-electron chi connectivity index (χ4n) is 5.11. The number of nitrogens with zero attached hydrogens (tertiary/aromatic N) is 2. The van der Waals surface area contributed by atoms with Crippen molar-refractivity contribution in [3.8, 4) is 0 Å². The van der Waals surface area contributed by atoms with Gasteiger partial charge in [0.2, 0.25) is 0 Å². The van der Waals surface area contributed by atoms with Crippen LogP contribution < -0.4 is 0 Å². The van der Waals surface area contributed by atoms with E-state index < -0.39 is 15.6 Å². The molecule has 36 heavy (non-hydrogen) atoms. The van der Waals surface area contributed by atoms with Gasteiger partial charge in [-0.2, -0.15) is 4.31 Å². The molecular formula is C29H38N2O3S2. The summed E-state index contributed by atoms with van der Waals surface area (Å²) in [6, 6.07) is 24.2. The molecule has 1 aliphatic rings. The number of thiophene rings is 1. The minimum atomic E-state index is -3.48. The Kier molecular flexibility index (Phi) is 9.36. The van der Waals surface area contributed by atoms with Crippen LogP contribution in [0.1, 0.15) is 49.1 Å². The lowest BCUT2D eigenvalue weighted by Gasteiger charge is -2.39. The second kappa shape index (κ2) is 12.5. The summed E-state index contributed by atoms with van der Waals surface area (Å²) in [5.74, 6) is 0.109. The van der Waals surface area contributed by atoms with Gasteiger partial charge < -0.3 is 10.0 Å². The molecule has 4 rings (SSSR count). The van der Waals surface area contributed by atoms with E-state index in [9.17, 15) is 13.5 Å². The van der Waals surface area contributed by atoms with E-state index in [1.807, 2.05) is 24.3 Å². The summed E-state index contributed by atoms with van der Waals surface area (Å²) in [6.07, 6.45) is 5.32. The highest BCUT2D eigenvalue weighted by molar-refractivity contribution is 7.91. The smallest absolute Gasteiger partial charge is 0.252 e. The number of aryl methyl sites for hydroxylation is 1. The first-order valence-corrected chi connectivity index (χ1v) is 15.2. The molecule has 5 nitrogen and oxygen atoms in total. The van der Waals surface area contributed by atoms with Gasteiger partial charge in [0.25, 0.3) is 10.0 Å². The lowest BCUT2D eigenvalue weighted by molar-refractivity contribution is -0.0292. The Hall–Kier alpha value is -2.03. The molecular weight excluding hydrogens is 488 g/mol. The molecule has 1 N–H and O–H groups in total. The standard InChI is InChI=1S/C29H38N2O3S2/c1-30(36(33,34)28-15-9-23-35-28)24-27(26-13-6-3-7-14-26)16-20-31-21-18-29(32,19-22-31)17-8-12-25-10-4-2-5-11-25/h2-7,9-11,13-15,23,27,32H,8,12,16-22,24H2,1H3/t27-/m1/s1. The summed E-state index contributed by atoms with van der Waals surface area (Å²) in [6.45, 7) is 3.10. The SMILES string of the molecule is CN(C[C@@H](CCN1CCC(O)(CCCc2ccccc2)CC1)c1ccccc1)S(=O)(=O)c1cccs1. The lowest BCUT2D eigenvalue weighted by atomic mass is 9.85. The molecule has 1 atom stereocenters. The van der Waals surface area contributed by atoms with E-state index in [2.05, 4.69) is 41.3 Å². The highest BCUT2D eigenvalue weighted by Gasteiger charge is 2.32.